The first-order chi connectivity index (χ1) is 15.9. The van der Waals surface area contributed by atoms with Gasteiger partial charge in [0.25, 0.3) is 0 Å². The second-order valence-corrected chi connectivity index (χ2v) is 8.49. The number of rotatable bonds is 4. The van der Waals surface area contributed by atoms with Crippen LogP contribution in [0.25, 0.3) is 39.2 Å². The van der Waals surface area contributed by atoms with Gasteiger partial charge in [0.2, 0.25) is 0 Å². The third-order valence-corrected chi connectivity index (χ3v) is 5.82. The lowest BCUT2D eigenvalue weighted by Crippen LogP contribution is -2.21. The summed E-state index contributed by atoms with van der Waals surface area (Å²) >= 11 is 0. The predicted octanol–water partition coefficient (Wildman–Crippen LogP) is 3.98. The highest BCUT2D eigenvalue weighted by Crippen LogP contribution is 2.28. The lowest BCUT2D eigenvalue weighted by Gasteiger charge is -2.16. The molecule has 4 aromatic heterocycles. The zero-order chi connectivity index (χ0) is 23.2. The van der Waals surface area contributed by atoms with Crippen molar-refractivity contribution in [3.63, 3.8) is 0 Å². The van der Waals surface area contributed by atoms with Crippen LogP contribution in [0.2, 0.25) is 0 Å². The van der Waals surface area contributed by atoms with E-state index >= 15 is 0 Å². The average Bonchev–Trinajstić information content (AvgIpc) is 3.43. The van der Waals surface area contributed by atoms with E-state index in [1.165, 1.54) is 4.57 Å². The zero-order valence-electron chi connectivity index (χ0n) is 18.4. The van der Waals surface area contributed by atoms with E-state index in [-0.39, 0.29) is 5.69 Å². The van der Waals surface area contributed by atoms with Crippen LogP contribution in [0.4, 0.5) is 0 Å². The SMILES string of the molecule is Cn1cc(-c2cc(-c3cnc4[nH]ncc4c3)ccn2)n(-c2ccc(C(C)(C)C#N)cc2)c1=O. The van der Waals surface area contributed by atoms with E-state index in [0.29, 0.717) is 17.1 Å². The maximum absolute atomic E-state index is 13.0. The molecule has 0 amide bonds. The maximum Gasteiger partial charge on any atom is 0.333 e. The Balaban J connectivity index is 1.60. The van der Waals surface area contributed by atoms with E-state index < -0.39 is 5.41 Å². The van der Waals surface area contributed by atoms with E-state index in [4.69, 9.17) is 0 Å². The molecule has 33 heavy (non-hydrogen) atoms. The number of benzene rings is 1. The van der Waals surface area contributed by atoms with Crippen LogP contribution in [0.15, 0.2) is 72.0 Å². The molecular weight excluding hydrogens is 414 g/mol. The Kier molecular flexibility index (Phi) is 4.68. The number of nitrogens with one attached hydrogen (secondary N) is 1. The van der Waals surface area contributed by atoms with Crippen LogP contribution >= 0.6 is 0 Å². The molecule has 0 saturated carbocycles. The first-order valence-electron chi connectivity index (χ1n) is 10.4. The number of nitriles is 1. The number of hydrogen-bond donors (Lipinski definition) is 1. The number of fused-ring (bicyclic) bond motifs is 1. The van der Waals surface area contributed by atoms with E-state index in [1.54, 1.807) is 36.4 Å². The Hall–Kier alpha value is -4.51. The van der Waals surface area contributed by atoms with Crippen molar-refractivity contribution in [3.8, 4) is 34.3 Å². The Bertz CT molecular complexity index is 1580. The molecule has 8 nitrogen and oxygen atoms in total. The molecule has 0 radical (unpaired) electrons. The van der Waals surface area contributed by atoms with Crippen LogP contribution in [0.3, 0.4) is 0 Å². The van der Waals surface area contributed by atoms with Crippen molar-refractivity contribution in [2.45, 2.75) is 19.3 Å². The molecule has 162 valence electrons. The van der Waals surface area contributed by atoms with E-state index in [9.17, 15) is 10.1 Å². The molecule has 0 spiro atoms. The zero-order valence-corrected chi connectivity index (χ0v) is 18.4. The predicted molar refractivity (Wildman–Crippen MR) is 126 cm³/mol. The van der Waals surface area contributed by atoms with Gasteiger partial charge in [-0.3, -0.25) is 14.6 Å². The monoisotopic (exact) mass is 435 g/mol. The van der Waals surface area contributed by atoms with Gasteiger partial charge in [0.1, 0.15) is 0 Å². The fourth-order valence-electron chi connectivity index (χ4n) is 3.82. The van der Waals surface area contributed by atoms with Crippen LogP contribution in [0, 0.1) is 11.3 Å². The average molecular weight is 435 g/mol. The van der Waals surface area contributed by atoms with Crippen molar-refractivity contribution in [3.05, 3.63) is 83.3 Å². The van der Waals surface area contributed by atoms with Gasteiger partial charge in [-0.05, 0) is 55.3 Å². The van der Waals surface area contributed by atoms with Crippen LogP contribution in [0.5, 0.6) is 0 Å². The summed E-state index contributed by atoms with van der Waals surface area (Å²) in [5.41, 5.74) is 4.75. The fourth-order valence-corrected chi connectivity index (χ4v) is 3.82. The molecular formula is C25H21N7O. The third-order valence-electron chi connectivity index (χ3n) is 5.82. The Morgan fingerprint density at radius 2 is 1.82 bits per heavy atom. The molecule has 1 N–H and O–H groups in total. The van der Waals surface area contributed by atoms with Crippen LogP contribution < -0.4 is 5.69 Å². The summed E-state index contributed by atoms with van der Waals surface area (Å²) in [7, 11) is 1.72. The Morgan fingerprint density at radius 3 is 2.58 bits per heavy atom. The number of hydrogen-bond acceptors (Lipinski definition) is 5. The van der Waals surface area contributed by atoms with Gasteiger partial charge in [0, 0.05) is 36.6 Å². The molecule has 0 atom stereocenters. The summed E-state index contributed by atoms with van der Waals surface area (Å²) in [6.45, 7) is 3.74. The molecule has 0 aliphatic rings. The van der Waals surface area contributed by atoms with Crippen molar-refractivity contribution < 1.29 is 0 Å². The van der Waals surface area contributed by atoms with Gasteiger partial charge in [-0.15, -0.1) is 0 Å². The normalized spacial score (nSPS) is 11.6. The van der Waals surface area contributed by atoms with Gasteiger partial charge in [0.05, 0.1) is 34.8 Å². The van der Waals surface area contributed by atoms with Crippen LogP contribution in [0.1, 0.15) is 19.4 Å². The Labute approximate surface area is 189 Å². The highest BCUT2D eigenvalue weighted by atomic mass is 16.1. The minimum absolute atomic E-state index is 0.175. The first-order valence-corrected chi connectivity index (χ1v) is 10.4. The van der Waals surface area contributed by atoms with Gasteiger partial charge in [-0.1, -0.05) is 12.1 Å². The largest absolute Gasteiger partial charge is 0.333 e. The molecule has 8 heteroatoms. The molecule has 1 aromatic carbocycles. The number of pyridine rings is 2. The van der Waals surface area contributed by atoms with E-state index in [1.807, 2.05) is 56.3 Å². The quantitative estimate of drug-likeness (QED) is 0.460. The third kappa shape index (κ3) is 3.49. The maximum atomic E-state index is 13.0. The minimum atomic E-state index is -0.608. The van der Waals surface area contributed by atoms with Gasteiger partial charge in [-0.25, -0.2) is 9.78 Å². The molecule has 0 saturated heterocycles. The molecule has 4 heterocycles. The van der Waals surface area contributed by atoms with Gasteiger partial charge >= 0.3 is 5.69 Å². The summed E-state index contributed by atoms with van der Waals surface area (Å²) in [5.74, 6) is 0. The number of aromatic nitrogens is 6. The number of aryl methyl sites for hydroxylation is 1. The molecule has 0 aliphatic heterocycles. The molecule has 5 rings (SSSR count). The van der Waals surface area contributed by atoms with Crippen molar-refractivity contribution in [1.29, 1.82) is 5.26 Å². The number of nitrogens with zero attached hydrogens (tertiary/aromatic N) is 6. The molecule has 0 unspecified atom stereocenters. The van der Waals surface area contributed by atoms with E-state index in [2.05, 4.69) is 26.2 Å². The summed E-state index contributed by atoms with van der Waals surface area (Å²) < 4.78 is 3.17. The molecule has 5 aromatic rings. The van der Waals surface area contributed by atoms with Gasteiger partial charge in [0.15, 0.2) is 5.65 Å². The second-order valence-electron chi connectivity index (χ2n) is 8.49. The minimum Gasteiger partial charge on any atom is -0.301 e. The van der Waals surface area contributed by atoms with Gasteiger partial charge < -0.3 is 4.57 Å². The first kappa shape index (κ1) is 20.4. The summed E-state index contributed by atoms with van der Waals surface area (Å²) in [6.07, 6.45) is 7.02. The van der Waals surface area contributed by atoms with Crippen molar-refractivity contribution in [1.82, 2.24) is 29.3 Å². The highest BCUT2D eigenvalue weighted by molar-refractivity contribution is 5.81. The van der Waals surface area contributed by atoms with Crippen molar-refractivity contribution >= 4 is 11.0 Å². The number of aromatic amines is 1. The summed E-state index contributed by atoms with van der Waals surface area (Å²) in [4.78, 5) is 22.0. The van der Waals surface area contributed by atoms with Crippen LogP contribution in [-0.4, -0.2) is 29.3 Å². The second kappa shape index (κ2) is 7.57. The Morgan fingerprint density at radius 1 is 1.03 bits per heavy atom. The van der Waals surface area contributed by atoms with Crippen molar-refractivity contribution in [2.75, 3.05) is 0 Å². The fraction of sp³-hybridized carbons (Fsp3) is 0.160. The summed E-state index contributed by atoms with van der Waals surface area (Å²) in [5, 5.41) is 17.2. The standard InChI is InChI=1S/C25H21N7O/c1-25(2,15-26)19-4-6-20(7-5-19)32-22(14-31(3)24(32)33)21-11-16(8-9-27-21)17-10-18-13-29-30-23(18)28-12-17/h4-14H,1-3H3,(H,28,29,30). The van der Waals surface area contributed by atoms with Crippen molar-refractivity contribution in [2.24, 2.45) is 7.05 Å². The van der Waals surface area contributed by atoms with Crippen LogP contribution in [-0.2, 0) is 12.5 Å². The molecule has 0 fully saturated rings. The summed E-state index contributed by atoms with van der Waals surface area (Å²) in [6, 6.07) is 15.7. The highest BCUT2D eigenvalue weighted by Gasteiger charge is 2.20. The van der Waals surface area contributed by atoms with E-state index in [0.717, 1.165) is 27.7 Å². The molecule has 0 aliphatic carbocycles. The van der Waals surface area contributed by atoms with Gasteiger partial charge in [-0.2, -0.15) is 10.4 Å². The molecule has 0 bridgehead atoms. The smallest absolute Gasteiger partial charge is 0.301 e. The number of H-pyrrole nitrogens is 1. The number of imidazole rings is 1. The lowest BCUT2D eigenvalue weighted by molar-refractivity contribution is 0.686. The lowest BCUT2D eigenvalue weighted by atomic mass is 9.86. The topological polar surface area (TPSA) is 105 Å².